The van der Waals surface area contributed by atoms with Crippen LogP contribution in [0.5, 0.6) is 0 Å². The van der Waals surface area contributed by atoms with E-state index < -0.39 is 6.09 Å². The van der Waals surface area contributed by atoms with E-state index in [1.807, 2.05) is 31.2 Å². The number of likely N-dealkylation sites (N-methyl/N-ethyl adjacent to an activating group) is 1. The number of amides is 1. The molecule has 1 atom stereocenters. The lowest BCUT2D eigenvalue weighted by atomic mass is 10.1. The summed E-state index contributed by atoms with van der Waals surface area (Å²) in [6, 6.07) is 7.65. The topological polar surface area (TPSA) is 41.6 Å². The Bertz CT molecular complexity index is 471. The van der Waals surface area contributed by atoms with E-state index in [-0.39, 0.29) is 5.92 Å². The largest absolute Gasteiger partial charge is 0.449 e. The number of nitrogens with zero attached hydrogens (tertiary/aromatic N) is 1. The number of carbonyl (C=O) groups excluding carboxylic acids is 1. The molecule has 1 N–H and O–H groups in total. The van der Waals surface area contributed by atoms with Gasteiger partial charge in [-0.3, -0.25) is 5.32 Å². The molecular formula is C15H20N2O2. The molecule has 0 bridgehead atoms. The average molecular weight is 260 g/mol. The summed E-state index contributed by atoms with van der Waals surface area (Å²) in [5.41, 5.74) is 1.87. The lowest BCUT2D eigenvalue weighted by molar-refractivity contribution is 0.138. The SMILES string of the molecule is Cc1cccc(NC(=O)OCC2C=CCN(C)C2)c1. The molecule has 102 valence electrons. The van der Waals surface area contributed by atoms with Crippen LogP contribution in [-0.2, 0) is 4.74 Å². The fraction of sp³-hybridized carbons (Fsp3) is 0.400. The van der Waals surface area contributed by atoms with Gasteiger partial charge in [0.25, 0.3) is 0 Å². The zero-order valence-electron chi connectivity index (χ0n) is 11.4. The first-order chi connectivity index (χ1) is 9.13. The molecule has 19 heavy (non-hydrogen) atoms. The molecule has 0 saturated carbocycles. The van der Waals surface area contributed by atoms with Crippen molar-refractivity contribution in [1.29, 1.82) is 0 Å². The number of aryl methyl sites for hydroxylation is 1. The first-order valence-corrected chi connectivity index (χ1v) is 6.49. The Morgan fingerprint density at radius 1 is 1.53 bits per heavy atom. The van der Waals surface area contributed by atoms with Gasteiger partial charge in [-0.25, -0.2) is 4.79 Å². The van der Waals surface area contributed by atoms with Gasteiger partial charge in [0.2, 0.25) is 0 Å². The number of rotatable bonds is 3. The molecule has 4 nitrogen and oxygen atoms in total. The van der Waals surface area contributed by atoms with E-state index in [0.29, 0.717) is 6.61 Å². The summed E-state index contributed by atoms with van der Waals surface area (Å²) >= 11 is 0. The molecule has 2 rings (SSSR count). The van der Waals surface area contributed by atoms with Gasteiger partial charge in [0.1, 0.15) is 6.61 Å². The van der Waals surface area contributed by atoms with E-state index in [9.17, 15) is 4.79 Å². The molecule has 0 radical (unpaired) electrons. The number of hydrogen-bond donors (Lipinski definition) is 1. The molecule has 1 aromatic rings. The van der Waals surface area contributed by atoms with Gasteiger partial charge < -0.3 is 9.64 Å². The summed E-state index contributed by atoms with van der Waals surface area (Å²) in [5, 5.41) is 2.73. The zero-order chi connectivity index (χ0) is 13.7. The number of carbonyl (C=O) groups is 1. The van der Waals surface area contributed by atoms with Gasteiger partial charge in [-0.1, -0.05) is 24.3 Å². The number of nitrogens with one attached hydrogen (secondary N) is 1. The second-order valence-electron chi connectivity index (χ2n) is 5.00. The van der Waals surface area contributed by atoms with E-state index in [1.165, 1.54) is 0 Å². The van der Waals surface area contributed by atoms with Gasteiger partial charge in [-0.2, -0.15) is 0 Å². The van der Waals surface area contributed by atoms with E-state index in [1.54, 1.807) is 0 Å². The number of hydrogen-bond acceptors (Lipinski definition) is 3. The molecule has 1 heterocycles. The number of benzene rings is 1. The van der Waals surface area contributed by atoms with Crippen LogP contribution in [0, 0.1) is 12.8 Å². The van der Waals surface area contributed by atoms with Crippen LogP contribution in [0.4, 0.5) is 10.5 Å². The molecule has 1 unspecified atom stereocenters. The molecule has 0 fully saturated rings. The highest BCUT2D eigenvalue weighted by molar-refractivity contribution is 5.84. The van der Waals surface area contributed by atoms with Crippen molar-refractivity contribution < 1.29 is 9.53 Å². The fourth-order valence-corrected chi connectivity index (χ4v) is 2.14. The number of anilines is 1. The minimum absolute atomic E-state index is 0.280. The van der Waals surface area contributed by atoms with Crippen molar-refractivity contribution in [2.24, 2.45) is 5.92 Å². The van der Waals surface area contributed by atoms with Gasteiger partial charge in [0.15, 0.2) is 0 Å². The predicted octanol–water partition coefficient (Wildman–Crippen LogP) is 2.66. The quantitative estimate of drug-likeness (QED) is 0.849. The van der Waals surface area contributed by atoms with Crippen LogP contribution in [0.15, 0.2) is 36.4 Å². The zero-order valence-corrected chi connectivity index (χ0v) is 11.4. The smallest absolute Gasteiger partial charge is 0.411 e. The normalized spacial score (nSPS) is 19.2. The Hall–Kier alpha value is -1.81. The summed E-state index contributed by atoms with van der Waals surface area (Å²) in [4.78, 5) is 13.9. The Balaban J connectivity index is 1.78. The van der Waals surface area contributed by atoms with Crippen LogP contribution in [0.1, 0.15) is 5.56 Å². The Kier molecular flexibility index (Phi) is 4.58. The van der Waals surface area contributed by atoms with Crippen molar-refractivity contribution in [1.82, 2.24) is 4.90 Å². The molecule has 4 heteroatoms. The Morgan fingerprint density at radius 2 is 2.37 bits per heavy atom. The first kappa shape index (κ1) is 13.6. The minimum atomic E-state index is -0.396. The molecule has 1 aromatic carbocycles. The van der Waals surface area contributed by atoms with Crippen molar-refractivity contribution in [2.45, 2.75) is 6.92 Å². The van der Waals surface area contributed by atoms with Crippen LogP contribution in [-0.4, -0.2) is 37.7 Å². The molecule has 0 saturated heterocycles. The fourth-order valence-electron chi connectivity index (χ4n) is 2.14. The summed E-state index contributed by atoms with van der Waals surface area (Å²) in [6.45, 7) is 4.29. The monoisotopic (exact) mass is 260 g/mol. The maximum absolute atomic E-state index is 11.7. The molecule has 1 amide bonds. The van der Waals surface area contributed by atoms with E-state index in [4.69, 9.17) is 4.74 Å². The van der Waals surface area contributed by atoms with Gasteiger partial charge in [0, 0.05) is 24.7 Å². The van der Waals surface area contributed by atoms with Gasteiger partial charge >= 0.3 is 6.09 Å². The summed E-state index contributed by atoms with van der Waals surface area (Å²) < 4.78 is 5.25. The van der Waals surface area contributed by atoms with E-state index >= 15 is 0 Å². The Morgan fingerprint density at radius 3 is 3.11 bits per heavy atom. The van der Waals surface area contributed by atoms with Gasteiger partial charge in [0.05, 0.1) is 0 Å². The average Bonchev–Trinajstić information content (AvgIpc) is 2.36. The first-order valence-electron chi connectivity index (χ1n) is 6.49. The summed E-state index contributed by atoms with van der Waals surface area (Å²) in [6.07, 6.45) is 3.82. The summed E-state index contributed by atoms with van der Waals surface area (Å²) in [7, 11) is 2.06. The van der Waals surface area contributed by atoms with Crippen LogP contribution in [0.3, 0.4) is 0 Å². The molecular weight excluding hydrogens is 240 g/mol. The Labute approximate surface area is 114 Å². The second-order valence-corrected chi connectivity index (χ2v) is 5.00. The third kappa shape index (κ3) is 4.41. The molecule has 1 aliphatic rings. The molecule has 0 aliphatic carbocycles. The van der Waals surface area contributed by atoms with E-state index in [2.05, 4.69) is 29.4 Å². The van der Waals surface area contributed by atoms with E-state index in [0.717, 1.165) is 24.3 Å². The number of ether oxygens (including phenoxy) is 1. The van der Waals surface area contributed by atoms with Crippen molar-refractivity contribution in [3.8, 4) is 0 Å². The third-order valence-electron chi connectivity index (χ3n) is 3.06. The van der Waals surface area contributed by atoms with Gasteiger partial charge in [-0.15, -0.1) is 0 Å². The van der Waals surface area contributed by atoms with Crippen molar-refractivity contribution in [2.75, 3.05) is 32.1 Å². The summed E-state index contributed by atoms with van der Waals surface area (Å²) in [5.74, 6) is 0.280. The highest BCUT2D eigenvalue weighted by Gasteiger charge is 2.14. The second kappa shape index (κ2) is 6.38. The predicted molar refractivity (Wildman–Crippen MR) is 76.3 cm³/mol. The van der Waals surface area contributed by atoms with Crippen LogP contribution < -0.4 is 5.32 Å². The molecule has 1 aliphatic heterocycles. The lowest BCUT2D eigenvalue weighted by Gasteiger charge is -2.24. The third-order valence-corrected chi connectivity index (χ3v) is 3.06. The maximum Gasteiger partial charge on any atom is 0.411 e. The highest BCUT2D eigenvalue weighted by atomic mass is 16.5. The van der Waals surface area contributed by atoms with Crippen molar-refractivity contribution in [3.05, 3.63) is 42.0 Å². The minimum Gasteiger partial charge on any atom is -0.449 e. The van der Waals surface area contributed by atoms with Crippen LogP contribution >= 0.6 is 0 Å². The molecule has 0 spiro atoms. The highest BCUT2D eigenvalue weighted by Crippen LogP contribution is 2.11. The lowest BCUT2D eigenvalue weighted by Crippen LogP contribution is -2.32. The van der Waals surface area contributed by atoms with Crippen LogP contribution in [0.25, 0.3) is 0 Å². The molecule has 0 aromatic heterocycles. The van der Waals surface area contributed by atoms with Crippen molar-refractivity contribution in [3.63, 3.8) is 0 Å². The standard InChI is InChI=1S/C15H20N2O2/c1-12-5-3-7-14(9-12)16-15(18)19-11-13-6-4-8-17(2)10-13/h3-7,9,13H,8,10-11H2,1-2H3,(H,16,18). The maximum atomic E-state index is 11.7. The van der Waals surface area contributed by atoms with Crippen LogP contribution in [0.2, 0.25) is 0 Å². The van der Waals surface area contributed by atoms with Crippen molar-refractivity contribution >= 4 is 11.8 Å². The van der Waals surface area contributed by atoms with Gasteiger partial charge in [-0.05, 0) is 31.7 Å².